The molecule has 1 N–H and O–H groups in total. The van der Waals surface area contributed by atoms with Crippen LogP contribution in [0.15, 0.2) is 83.8 Å². The van der Waals surface area contributed by atoms with Gasteiger partial charge < -0.3 is 5.32 Å². The summed E-state index contributed by atoms with van der Waals surface area (Å²) in [6.07, 6.45) is 0.744. The zero-order valence-electron chi connectivity index (χ0n) is 17.3. The van der Waals surface area contributed by atoms with E-state index in [-0.39, 0.29) is 10.8 Å². The van der Waals surface area contributed by atoms with E-state index in [1.807, 2.05) is 30.3 Å². The second-order valence-corrected chi connectivity index (χ2v) is 10.3. The van der Waals surface area contributed by atoms with Gasteiger partial charge in [-0.25, -0.2) is 12.8 Å². The second-order valence-electron chi connectivity index (χ2n) is 7.25. The monoisotopic (exact) mass is 468 g/mol. The van der Waals surface area contributed by atoms with Gasteiger partial charge in [0.1, 0.15) is 5.82 Å². The van der Waals surface area contributed by atoms with Crippen molar-refractivity contribution < 1.29 is 17.6 Å². The van der Waals surface area contributed by atoms with Gasteiger partial charge in [-0.1, -0.05) is 30.3 Å². The maximum atomic E-state index is 13.2. The van der Waals surface area contributed by atoms with Gasteiger partial charge in [0.2, 0.25) is 0 Å². The van der Waals surface area contributed by atoms with Crippen molar-refractivity contribution in [3.8, 4) is 0 Å². The van der Waals surface area contributed by atoms with Crippen molar-refractivity contribution >= 4 is 43.0 Å². The molecule has 5 nitrogen and oxygen atoms in total. The standard InChI is InChI=1S/C24H21FN2O3S2/c1-27(32(29,30)21-10-7-19(25)8-11-21)20-9-12-22-18(15-20)16-23(31-22)24(28)26-14-13-17-5-3-2-4-6-17/h2-12,15-16H,13-14H2,1H3,(H,26,28). The SMILES string of the molecule is CN(c1ccc2sc(C(=O)NCCc3ccccc3)cc2c1)S(=O)(=O)c1ccc(F)cc1. The zero-order valence-corrected chi connectivity index (χ0v) is 18.9. The number of carbonyl (C=O) groups is 1. The van der Waals surface area contributed by atoms with Crippen LogP contribution in [0.1, 0.15) is 15.2 Å². The number of benzene rings is 3. The fraction of sp³-hybridized carbons (Fsp3) is 0.125. The molecule has 1 amide bonds. The average molecular weight is 469 g/mol. The van der Waals surface area contributed by atoms with Gasteiger partial charge in [-0.05, 0) is 65.9 Å². The molecule has 0 aliphatic heterocycles. The quantitative estimate of drug-likeness (QED) is 0.422. The Morgan fingerprint density at radius 2 is 1.72 bits per heavy atom. The van der Waals surface area contributed by atoms with E-state index in [4.69, 9.17) is 0 Å². The van der Waals surface area contributed by atoms with E-state index in [1.165, 1.54) is 30.5 Å². The van der Waals surface area contributed by atoms with Crippen LogP contribution in [0.25, 0.3) is 10.1 Å². The Balaban J connectivity index is 1.49. The lowest BCUT2D eigenvalue weighted by molar-refractivity contribution is 0.0958. The summed E-state index contributed by atoms with van der Waals surface area (Å²) in [6, 6.07) is 21.6. The van der Waals surface area contributed by atoms with E-state index < -0.39 is 15.8 Å². The van der Waals surface area contributed by atoms with Crippen molar-refractivity contribution in [1.82, 2.24) is 5.32 Å². The van der Waals surface area contributed by atoms with Gasteiger partial charge >= 0.3 is 0 Å². The van der Waals surface area contributed by atoms with E-state index in [9.17, 15) is 17.6 Å². The molecule has 8 heteroatoms. The van der Waals surface area contributed by atoms with Crippen molar-refractivity contribution in [2.45, 2.75) is 11.3 Å². The van der Waals surface area contributed by atoms with Crippen LogP contribution < -0.4 is 9.62 Å². The van der Waals surface area contributed by atoms with E-state index in [0.717, 1.165) is 38.5 Å². The van der Waals surface area contributed by atoms with Gasteiger partial charge in [0.15, 0.2) is 0 Å². The smallest absolute Gasteiger partial charge is 0.264 e. The highest BCUT2D eigenvalue weighted by Crippen LogP contribution is 2.31. The average Bonchev–Trinajstić information content (AvgIpc) is 3.23. The van der Waals surface area contributed by atoms with E-state index in [1.54, 1.807) is 24.3 Å². The Labute approximate surface area is 190 Å². The molecule has 1 heterocycles. The summed E-state index contributed by atoms with van der Waals surface area (Å²) in [4.78, 5) is 13.1. The predicted octanol–water partition coefficient (Wildman–Crippen LogP) is 4.84. The molecule has 0 fully saturated rings. The van der Waals surface area contributed by atoms with Crippen LogP contribution in [0.3, 0.4) is 0 Å². The first kappa shape index (κ1) is 22.0. The van der Waals surface area contributed by atoms with Gasteiger partial charge in [0.05, 0.1) is 15.5 Å². The minimum absolute atomic E-state index is 0.00491. The number of amides is 1. The number of anilines is 1. The minimum atomic E-state index is -3.83. The molecule has 0 aliphatic carbocycles. The molecule has 0 spiro atoms. The van der Waals surface area contributed by atoms with Gasteiger partial charge in [-0.2, -0.15) is 0 Å². The highest BCUT2D eigenvalue weighted by molar-refractivity contribution is 7.92. The van der Waals surface area contributed by atoms with Crippen LogP contribution in [-0.2, 0) is 16.4 Å². The molecule has 1 aromatic heterocycles. The Kier molecular flexibility index (Phi) is 6.25. The van der Waals surface area contributed by atoms with Crippen molar-refractivity contribution in [3.05, 3.63) is 95.1 Å². The number of thiophene rings is 1. The summed E-state index contributed by atoms with van der Waals surface area (Å²) >= 11 is 1.36. The third-order valence-electron chi connectivity index (χ3n) is 5.10. The number of fused-ring (bicyclic) bond motifs is 1. The Morgan fingerprint density at radius 3 is 2.44 bits per heavy atom. The normalized spacial score (nSPS) is 11.4. The highest BCUT2D eigenvalue weighted by Gasteiger charge is 2.22. The maximum absolute atomic E-state index is 13.2. The van der Waals surface area contributed by atoms with Gasteiger partial charge in [-0.15, -0.1) is 11.3 Å². The Morgan fingerprint density at radius 1 is 1.00 bits per heavy atom. The molecule has 0 radical (unpaired) electrons. The number of halogens is 1. The fourth-order valence-electron chi connectivity index (χ4n) is 3.29. The highest BCUT2D eigenvalue weighted by atomic mass is 32.2. The number of nitrogens with zero attached hydrogens (tertiary/aromatic N) is 1. The van der Waals surface area contributed by atoms with Crippen molar-refractivity contribution in [2.24, 2.45) is 0 Å². The number of carbonyl (C=O) groups excluding carboxylic acids is 1. The number of hydrogen-bond acceptors (Lipinski definition) is 4. The maximum Gasteiger partial charge on any atom is 0.264 e. The fourth-order valence-corrected chi connectivity index (χ4v) is 5.44. The molecule has 32 heavy (non-hydrogen) atoms. The summed E-state index contributed by atoms with van der Waals surface area (Å²) in [6.45, 7) is 0.529. The van der Waals surface area contributed by atoms with Gasteiger partial charge in [0, 0.05) is 18.3 Å². The van der Waals surface area contributed by atoms with E-state index >= 15 is 0 Å². The first-order valence-electron chi connectivity index (χ1n) is 9.95. The molecular formula is C24H21FN2O3S2. The summed E-state index contributed by atoms with van der Waals surface area (Å²) in [5, 5.41) is 3.71. The molecular weight excluding hydrogens is 447 g/mol. The van der Waals surface area contributed by atoms with Crippen molar-refractivity contribution in [1.29, 1.82) is 0 Å². The first-order valence-corrected chi connectivity index (χ1v) is 12.2. The molecule has 164 valence electrons. The second kappa shape index (κ2) is 9.10. The number of nitrogens with one attached hydrogen (secondary N) is 1. The van der Waals surface area contributed by atoms with Crippen LogP contribution in [0.5, 0.6) is 0 Å². The molecule has 0 unspecified atom stereocenters. The van der Waals surface area contributed by atoms with E-state index in [2.05, 4.69) is 5.32 Å². The Hall–Kier alpha value is -3.23. The molecule has 4 aromatic rings. The van der Waals surface area contributed by atoms with Crippen molar-refractivity contribution in [2.75, 3.05) is 17.9 Å². The number of rotatable bonds is 7. The molecule has 0 bridgehead atoms. The molecule has 0 saturated heterocycles. The minimum Gasteiger partial charge on any atom is -0.351 e. The van der Waals surface area contributed by atoms with Crippen LogP contribution >= 0.6 is 11.3 Å². The third-order valence-corrected chi connectivity index (χ3v) is 8.02. The lowest BCUT2D eigenvalue weighted by Crippen LogP contribution is -2.26. The zero-order chi connectivity index (χ0) is 22.7. The topological polar surface area (TPSA) is 66.5 Å². The predicted molar refractivity (Wildman–Crippen MR) is 126 cm³/mol. The third kappa shape index (κ3) is 4.66. The Bertz CT molecular complexity index is 1350. The van der Waals surface area contributed by atoms with Crippen LogP contribution in [0.4, 0.5) is 10.1 Å². The van der Waals surface area contributed by atoms with Crippen molar-refractivity contribution in [3.63, 3.8) is 0 Å². The van der Waals surface area contributed by atoms with Crippen LogP contribution in [0, 0.1) is 5.82 Å². The molecule has 0 atom stereocenters. The summed E-state index contributed by atoms with van der Waals surface area (Å²) < 4.78 is 40.9. The molecule has 3 aromatic carbocycles. The van der Waals surface area contributed by atoms with Crippen LogP contribution in [0.2, 0.25) is 0 Å². The first-order chi connectivity index (χ1) is 15.3. The summed E-state index contributed by atoms with van der Waals surface area (Å²) in [5.74, 6) is -0.656. The number of sulfonamides is 1. The number of hydrogen-bond donors (Lipinski definition) is 1. The molecule has 4 rings (SSSR count). The lowest BCUT2D eigenvalue weighted by Gasteiger charge is -2.19. The molecule has 0 saturated carbocycles. The van der Waals surface area contributed by atoms with Gasteiger partial charge in [-0.3, -0.25) is 9.10 Å². The van der Waals surface area contributed by atoms with E-state index in [0.29, 0.717) is 17.1 Å². The van der Waals surface area contributed by atoms with Crippen LogP contribution in [-0.4, -0.2) is 27.9 Å². The largest absolute Gasteiger partial charge is 0.351 e. The summed E-state index contributed by atoms with van der Waals surface area (Å²) in [7, 11) is -2.39. The lowest BCUT2D eigenvalue weighted by atomic mass is 10.1. The summed E-state index contributed by atoms with van der Waals surface area (Å²) in [5.41, 5.74) is 1.61. The molecule has 0 aliphatic rings. The van der Waals surface area contributed by atoms with Gasteiger partial charge in [0.25, 0.3) is 15.9 Å².